The Balaban J connectivity index is 2.30. The second-order valence-electron chi connectivity index (χ2n) is 4.83. The van der Waals surface area contributed by atoms with E-state index in [9.17, 15) is 4.21 Å². The molecule has 2 aromatic rings. The van der Waals surface area contributed by atoms with Crippen molar-refractivity contribution in [3.63, 3.8) is 0 Å². The van der Waals surface area contributed by atoms with Crippen LogP contribution in [0.4, 0.5) is 5.69 Å². The third-order valence-corrected chi connectivity index (χ3v) is 4.63. The molecule has 0 amide bonds. The third-order valence-electron chi connectivity index (χ3n) is 3.22. The number of nitrogens with two attached hydrogens (primary N) is 1. The summed E-state index contributed by atoms with van der Waals surface area (Å²) in [7, 11) is 0.410. The fourth-order valence-corrected chi connectivity index (χ4v) is 3.38. The van der Waals surface area contributed by atoms with E-state index in [1.54, 1.807) is 25.3 Å². The number of benzene rings is 2. The lowest BCUT2D eigenvalue weighted by Gasteiger charge is -2.11. The standard InChI is InChI=1S/C16H19NO2S/c1-11-4-5-12(2)13(8-11)10-20(18)16-7-6-14(17)9-15(16)19-3/h4-9H,10,17H2,1-3H3. The monoisotopic (exact) mass is 289 g/mol. The van der Waals surface area contributed by atoms with Gasteiger partial charge in [-0.05, 0) is 37.1 Å². The highest BCUT2D eigenvalue weighted by atomic mass is 32.2. The summed E-state index contributed by atoms with van der Waals surface area (Å²) in [5.74, 6) is 1.06. The maximum Gasteiger partial charge on any atom is 0.137 e. The van der Waals surface area contributed by atoms with Gasteiger partial charge >= 0.3 is 0 Å². The van der Waals surface area contributed by atoms with Gasteiger partial charge in [-0.1, -0.05) is 23.8 Å². The Morgan fingerprint density at radius 2 is 1.90 bits per heavy atom. The molecule has 1 unspecified atom stereocenters. The van der Waals surface area contributed by atoms with Crippen LogP contribution in [0, 0.1) is 13.8 Å². The van der Waals surface area contributed by atoms with Gasteiger partial charge in [0.2, 0.25) is 0 Å². The number of rotatable bonds is 4. The predicted molar refractivity (Wildman–Crippen MR) is 83.4 cm³/mol. The van der Waals surface area contributed by atoms with E-state index in [1.807, 2.05) is 13.8 Å². The predicted octanol–water partition coefficient (Wildman–Crippen LogP) is 3.20. The van der Waals surface area contributed by atoms with Crippen molar-refractivity contribution in [2.24, 2.45) is 0 Å². The number of ether oxygens (including phenoxy) is 1. The second-order valence-corrected chi connectivity index (χ2v) is 6.25. The molecular weight excluding hydrogens is 270 g/mol. The molecule has 20 heavy (non-hydrogen) atoms. The highest BCUT2D eigenvalue weighted by Gasteiger charge is 2.13. The van der Waals surface area contributed by atoms with Crippen LogP contribution in [-0.2, 0) is 16.6 Å². The van der Waals surface area contributed by atoms with Crippen molar-refractivity contribution < 1.29 is 8.95 Å². The Morgan fingerprint density at radius 3 is 2.60 bits per heavy atom. The minimum atomic E-state index is -1.15. The van der Waals surface area contributed by atoms with Crippen molar-refractivity contribution in [1.29, 1.82) is 0 Å². The van der Waals surface area contributed by atoms with Gasteiger partial charge in [-0.2, -0.15) is 0 Å². The van der Waals surface area contributed by atoms with Gasteiger partial charge in [0.1, 0.15) is 5.75 Å². The Bertz CT molecular complexity index is 653. The molecule has 0 aliphatic rings. The maximum absolute atomic E-state index is 12.6. The Hall–Kier alpha value is -1.81. The van der Waals surface area contributed by atoms with Crippen LogP contribution in [-0.4, -0.2) is 11.3 Å². The summed E-state index contributed by atoms with van der Waals surface area (Å²) in [6, 6.07) is 11.4. The zero-order chi connectivity index (χ0) is 14.7. The maximum atomic E-state index is 12.6. The van der Waals surface area contributed by atoms with Crippen molar-refractivity contribution in [1.82, 2.24) is 0 Å². The van der Waals surface area contributed by atoms with Gasteiger partial charge in [-0.25, -0.2) is 0 Å². The minimum Gasteiger partial charge on any atom is -0.495 e. The van der Waals surface area contributed by atoms with Crippen molar-refractivity contribution in [2.45, 2.75) is 24.5 Å². The number of hydrogen-bond acceptors (Lipinski definition) is 3. The van der Waals surface area contributed by atoms with Crippen molar-refractivity contribution in [3.8, 4) is 5.75 Å². The molecule has 2 N–H and O–H groups in total. The number of methoxy groups -OCH3 is 1. The lowest BCUT2D eigenvalue weighted by molar-refractivity contribution is 0.404. The molecule has 1 atom stereocenters. The number of hydrogen-bond donors (Lipinski definition) is 1. The van der Waals surface area contributed by atoms with Crippen molar-refractivity contribution >= 4 is 16.5 Å². The zero-order valence-electron chi connectivity index (χ0n) is 12.0. The van der Waals surface area contributed by atoms with Gasteiger partial charge in [-0.3, -0.25) is 4.21 Å². The average molecular weight is 289 g/mol. The van der Waals surface area contributed by atoms with E-state index in [-0.39, 0.29) is 0 Å². The fourth-order valence-electron chi connectivity index (χ4n) is 2.05. The lowest BCUT2D eigenvalue weighted by Crippen LogP contribution is -2.02. The van der Waals surface area contributed by atoms with Crippen LogP contribution in [0.2, 0.25) is 0 Å². The van der Waals surface area contributed by atoms with Crippen LogP contribution >= 0.6 is 0 Å². The Morgan fingerprint density at radius 1 is 1.15 bits per heavy atom. The first kappa shape index (κ1) is 14.6. The van der Waals surface area contributed by atoms with Gasteiger partial charge in [0.25, 0.3) is 0 Å². The molecule has 0 radical (unpaired) electrons. The molecule has 0 bridgehead atoms. The van der Waals surface area contributed by atoms with Crippen molar-refractivity contribution in [2.75, 3.05) is 12.8 Å². The molecule has 0 saturated carbocycles. The molecule has 0 heterocycles. The Kier molecular flexibility index (Phi) is 4.45. The quantitative estimate of drug-likeness (QED) is 0.879. The molecule has 3 nitrogen and oxygen atoms in total. The van der Waals surface area contributed by atoms with E-state index in [1.165, 1.54) is 5.56 Å². The van der Waals surface area contributed by atoms with Crippen LogP contribution in [0.3, 0.4) is 0 Å². The minimum absolute atomic E-state index is 0.480. The number of nitrogen functional groups attached to an aromatic ring is 1. The zero-order valence-corrected chi connectivity index (χ0v) is 12.8. The second kappa shape index (κ2) is 6.09. The summed E-state index contributed by atoms with van der Waals surface area (Å²) < 4.78 is 17.8. The van der Waals surface area contributed by atoms with Gasteiger partial charge in [0, 0.05) is 11.8 Å². The van der Waals surface area contributed by atoms with E-state index in [4.69, 9.17) is 10.5 Å². The van der Waals surface area contributed by atoms with Gasteiger partial charge < -0.3 is 10.5 Å². The summed E-state index contributed by atoms with van der Waals surface area (Å²) in [5.41, 5.74) is 9.75. The van der Waals surface area contributed by atoms with Crippen LogP contribution in [0.15, 0.2) is 41.3 Å². The first-order valence-corrected chi connectivity index (χ1v) is 7.71. The molecular formula is C16H19NO2S. The SMILES string of the molecule is COc1cc(N)ccc1S(=O)Cc1cc(C)ccc1C. The van der Waals surface area contributed by atoms with E-state index in [0.29, 0.717) is 22.1 Å². The number of anilines is 1. The Labute approximate surface area is 122 Å². The molecule has 2 rings (SSSR count). The van der Waals surface area contributed by atoms with Gasteiger partial charge in [0.05, 0.1) is 28.6 Å². The van der Waals surface area contributed by atoms with Crippen LogP contribution < -0.4 is 10.5 Å². The lowest BCUT2D eigenvalue weighted by atomic mass is 10.1. The van der Waals surface area contributed by atoms with E-state index < -0.39 is 10.8 Å². The highest BCUT2D eigenvalue weighted by molar-refractivity contribution is 7.84. The number of aryl methyl sites for hydroxylation is 2. The van der Waals surface area contributed by atoms with E-state index in [0.717, 1.165) is 11.1 Å². The normalized spacial score (nSPS) is 12.2. The fraction of sp³-hybridized carbons (Fsp3) is 0.250. The molecule has 2 aromatic carbocycles. The van der Waals surface area contributed by atoms with Crippen LogP contribution in [0.1, 0.15) is 16.7 Å². The van der Waals surface area contributed by atoms with Crippen LogP contribution in [0.25, 0.3) is 0 Å². The first-order chi connectivity index (χ1) is 9.51. The van der Waals surface area contributed by atoms with E-state index in [2.05, 4.69) is 18.2 Å². The third kappa shape index (κ3) is 3.20. The van der Waals surface area contributed by atoms with Crippen molar-refractivity contribution in [3.05, 3.63) is 53.1 Å². The topological polar surface area (TPSA) is 52.3 Å². The molecule has 106 valence electrons. The van der Waals surface area contributed by atoms with Crippen LogP contribution in [0.5, 0.6) is 5.75 Å². The van der Waals surface area contributed by atoms with E-state index >= 15 is 0 Å². The molecule has 0 aromatic heterocycles. The molecule has 0 saturated heterocycles. The van der Waals surface area contributed by atoms with Gasteiger partial charge in [0.15, 0.2) is 0 Å². The largest absolute Gasteiger partial charge is 0.495 e. The summed E-state index contributed by atoms with van der Waals surface area (Å²) >= 11 is 0. The molecule has 0 fully saturated rings. The first-order valence-electron chi connectivity index (χ1n) is 6.39. The molecule has 4 heteroatoms. The molecule has 0 aliphatic heterocycles. The summed E-state index contributed by atoms with van der Waals surface area (Å²) in [4.78, 5) is 0.683. The highest BCUT2D eigenvalue weighted by Crippen LogP contribution is 2.27. The smallest absolute Gasteiger partial charge is 0.137 e. The summed E-state index contributed by atoms with van der Waals surface area (Å²) in [6.45, 7) is 4.07. The average Bonchev–Trinajstić information content (AvgIpc) is 2.42. The molecule has 0 spiro atoms. The summed E-state index contributed by atoms with van der Waals surface area (Å²) in [5, 5.41) is 0. The molecule has 0 aliphatic carbocycles. The van der Waals surface area contributed by atoms with Gasteiger partial charge in [-0.15, -0.1) is 0 Å². The summed E-state index contributed by atoms with van der Waals surface area (Å²) in [6.07, 6.45) is 0.